The highest BCUT2D eigenvalue weighted by Crippen LogP contribution is 2.08. The Morgan fingerprint density at radius 3 is 2.65 bits per heavy atom. The van der Waals surface area contributed by atoms with Crippen LogP contribution in [-0.4, -0.2) is 58.1 Å². The van der Waals surface area contributed by atoms with Crippen molar-refractivity contribution in [1.29, 1.82) is 0 Å². The summed E-state index contributed by atoms with van der Waals surface area (Å²) in [7, 11) is 0. The largest absolute Gasteiger partial charge is 0.340 e. The number of carbonyl (C=O) groups is 1. The minimum Gasteiger partial charge on any atom is -0.340 e. The molecule has 0 spiro atoms. The normalized spacial score (nSPS) is 18.2. The van der Waals surface area contributed by atoms with Gasteiger partial charge in [0, 0.05) is 33.1 Å². The van der Waals surface area contributed by atoms with E-state index in [4.69, 9.17) is 10.3 Å². The number of hydrogen-bond acceptors (Lipinski definition) is 6. The Hall–Kier alpha value is -1.47. The molecule has 0 saturated carbocycles. The zero-order valence-corrected chi connectivity index (χ0v) is 12.2. The van der Waals surface area contributed by atoms with Gasteiger partial charge in [-0.2, -0.15) is 4.98 Å². The molecule has 0 radical (unpaired) electrons. The average Bonchev–Trinajstić information content (AvgIpc) is 2.84. The maximum Gasteiger partial charge on any atom is 0.239 e. The molecule has 1 atom stereocenters. The van der Waals surface area contributed by atoms with E-state index in [9.17, 15) is 4.79 Å². The molecule has 0 bridgehead atoms. The zero-order valence-electron chi connectivity index (χ0n) is 12.2. The SMILES string of the molecule is CCCC(N)C(=O)N1CCN(Cc2noc(C)n2)CC1. The van der Waals surface area contributed by atoms with Crippen LogP contribution in [0.15, 0.2) is 4.52 Å². The highest BCUT2D eigenvalue weighted by molar-refractivity contribution is 5.81. The third-order valence-electron chi connectivity index (χ3n) is 3.54. The van der Waals surface area contributed by atoms with Crippen molar-refractivity contribution in [2.75, 3.05) is 26.2 Å². The Kier molecular flexibility index (Phi) is 5.08. The molecule has 2 heterocycles. The average molecular weight is 281 g/mol. The van der Waals surface area contributed by atoms with Crippen LogP contribution >= 0.6 is 0 Å². The van der Waals surface area contributed by atoms with E-state index in [2.05, 4.69) is 15.0 Å². The number of amides is 1. The number of piperazine rings is 1. The summed E-state index contributed by atoms with van der Waals surface area (Å²) in [5.41, 5.74) is 5.88. The first-order valence-corrected chi connectivity index (χ1v) is 7.16. The number of aryl methyl sites for hydroxylation is 1. The van der Waals surface area contributed by atoms with E-state index in [1.165, 1.54) is 0 Å². The third kappa shape index (κ3) is 3.77. The van der Waals surface area contributed by atoms with Crippen LogP contribution in [-0.2, 0) is 11.3 Å². The molecule has 1 aromatic heterocycles. The summed E-state index contributed by atoms with van der Waals surface area (Å²) in [6.07, 6.45) is 1.69. The van der Waals surface area contributed by atoms with Crippen molar-refractivity contribution >= 4 is 5.91 Å². The molecule has 1 unspecified atom stereocenters. The second-order valence-electron chi connectivity index (χ2n) is 5.23. The molecule has 1 aliphatic rings. The van der Waals surface area contributed by atoms with E-state index in [1.807, 2.05) is 11.8 Å². The quantitative estimate of drug-likeness (QED) is 0.826. The van der Waals surface area contributed by atoms with E-state index in [0.717, 1.165) is 25.9 Å². The van der Waals surface area contributed by atoms with E-state index in [0.29, 0.717) is 31.3 Å². The molecular weight excluding hydrogens is 258 g/mol. The van der Waals surface area contributed by atoms with E-state index in [1.54, 1.807) is 6.92 Å². The second-order valence-corrected chi connectivity index (χ2v) is 5.23. The number of aromatic nitrogens is 2. The molecule has 0 aromatic carbocycles. The Labute approximate surface area is 119 Å². The molecular formula is C13H23N5O2. The maximum atomic E-state index is 12.1. The van der Waals surface area contributed by atoms with Crippen LogP contribution in [0.3, 0.4) is 0 Å². The van der Waals surface area contributed by atoms with Crippen LogP contribution in [0.5, 0.6) is 0 Å². The molecule has 2 rings (SSSR count). The first-order chi connectivity index (χ1) is 9.60. The van der Waals surface area contributed by atoms with Gasteiger partial charge in [0.25, 0.3) is 0 Å². The number of rotatable bonds is 5. The van der Waals surface area contributed by atoms with Crippen LogP contribution in [0.2, 0.25) is 0 Å². The Balaban J connectivity index is 1.78. The van der Waals surface area contributed by atoms with Crippen LogP contribution < -0.4 is 5.73 Å². The lowest BCUT2D eigenvalue weighted by molar-refractivity contribution is -0.134. The van der Waals surface area contributed by atoms with Gasteiger partial charge in [-0.25, -0.2) is 0 Å². The van der Waals surface area contributed by atoms with Gasteiger partial charge >= 0.3 is 0 Å². The minimum absolute atomic E-state index is 0.0712. The van der Waals surface area contributed by atoms with Gasteiger partial charge in [-0.15, -0.1) is 0 Å². The number of hydrogen-bond donors (Lipinski definition) is 1. The second kappa shape index (κ2) is 6.81. The Morgan fingerprint density at radius 2 is 2.10 bits per heavy atom. The molecule has 2 N–H and O–H groups in total. The van der Waals surface area contributed by atoms with Crippen molar-refractivity contribution in [2.45, 2.75) is 39.3 Å². The fourth-order valence-corrected chi connectivity index (χ4v) is 2.40. The fourth-order valence-electron chi connectivity index (χ4n) is 2.40. The highest BCUT2D eigenvalue weighted by atomic mass is 16.5. The van der Waals surface area contributed by atoms with Gasteiger partial charge in [-0.3, -0.25) is 9.69 Å². The Morgan fingerprint density at radius 1 is 1.40 bits per heavy atom. The van der Waals surface area contributed by atoms with Crippen LogP contribution in [0.4, 0.5) is 0 Å². The summed E-state index contributed by atoms with van der Waals surface area (Å²) in [6, 6.07) is -0.355. The van der Waals surface area contributed by atoms with Gasteiger partial charge in [0.1, 0.15) is 0 Å². The topological polar surface area (TPSA) is 88.5 Å². The first-order valence-electron chi connectivity index (χ1n) is 7.16. The lowest BCUT2D eigenvalue weighted by atomic mass is 10.1. The molecule has 1 aromatic rings. The van der Waals surface area contributed by atoms with Crippen molar-refractivity contribution in [3.8, 4) is 0 Å². The van der Waals surface area contributed by atoms with Gasteiger partial charge < -0.3 is 15.2 Å². The molecule has 7 nitrogen and oxygen atoms in total. The zero-order chi connectivity index (χ0) is 14.5. The molecule has 20 heavy (non-hydrogen) atoms. The lowest BCUT2D eigenvalue weighted by Crippen LogP contribution is -2.52. The van der Waals surface area contributed by atoms with Crippen molar-refractivity contribution in [3.63, 3.8) is 0 Å². The molecule has 1 fully saturated rings. The molecule has 0 aliphatic carbocycles. The van der Waals surface area contributed by atoms with E-state index >= 15 is 0 Å². The van der Waals surface area contributed by atoms with Crippen molar-refractivity contribution in [1.82, 2.24) is 19.9 Å². The molecule has 1 aliphatic heterocycles. The van der Waals surface area contributed by atoms with Crippen LogP contribution in [0, 0.1) is 6.92 Å². The molecule has 1 saturated heterocycles. The molecule has 112 valence electrons. The van der Waals surface area contributed by atoms with Gasteiger partial charge in [0.15, 0.2) is 5.82 Å². The minimum atomic E-state index is -0.355. The number of nitrogens with two attached hydrogens (primary N) is 1. The van der Waals surface area contributed by atoms with E-state index < -0.39 is 0 Å². The van der Waals surface area contributed by atoms with Crippen LogP contribution in [0.1, 0.15) is 31.5 Å². The summed E-state index contributed by atoms with van der Waals surface area (Å²) in [6.45, 7) is 7.55. The summed E-state index contributed by atoms with van der Waals surface area (Å²) in [5.74, 6) is 1.35. The third-order valence-corrected chi connectivity index (χ3v) is 3.54. The predicted octanol–water partition coefficient (Wildman–Crippen LogP) is 0.150. The van der Waals surface area contributed by atoms with Crippen LogP contribution in [0.25, 0.3) is 0 Å². The monoisotopic (exact) mass is 281 g/mol. The number of carbonyl (C=O) groups excluding carboxylic acids is 1. The molecule has 7 heteroatoms. The van der Waals surface area contributed by atoms with Crippen molar-refractivity contribution in [3.05, 3.63) is 11.7 Å². The fraction of sp³-hybridized carbons (Fsp3) is 0.769. The van der Waals surface area contributed by atoms with Gasteiger partial charge in [-0.05, 0) is 6.42 Å². The first kappa shape index (κ1) is 14.9. The van der Waals surface area contributed by atoms with Gasteiger partial charge in [0.05, 0.1) is 12.6 Å². The lowest BCUT2D eigenvalue weighted by Gasteiger charge is -2.35. The summed E-state index contributed by atoms with van der Waals surface area (Å²) in [5, 5.41) is 3.89. The highest BCUT2D eigenvalue weighted by Gasteiger charge is 2.25. The molecule has 1 amide bonds. The summed E-state index contributed by atoms with van der Waals surface area (Å²) >= 11 is 0. The predicted molar refractivity (Wildman–Crippen MR) is 73.8 cm³/mol. The number of nitrogens with zero attached hydrogens (tertiary/aromatic N) is 4. The summed E-state index contributed by atoms with van der Waals surface area (Å²) < 4.78 is 4.95. The summed E-state index contributed by atoms with van der Waals surface area (Å²) in [4.78, 5) is 20.4. The van der Waals surface area contributed by atoms with Gasteiger partial charge in [0.2, 0.25) is 11.8 Å². The van der Waals surface area contributed by atoms with Gasteiger partial charge in [-0.1, -0.05) is 18.5 Å². The van der Waals surface area contributed by atoms with E-state index in [-0.39, 0.29) is 11.9 Å². The standard InChI is InChI=1S/C13H23N5O2/c1-3-4-11(14)13(19)18-7-5-17(6-8-18)9-12-15-10(2)20-16-12/h11H,3-9,14H2,1-2H3. The van der Waals surface area contributed by atoms with Crippen molar-refractivity contribution < 1.29 is 9.32 Å². The smallest absolute Gasteiger partial charge is 0.239 e. The van der Waals surface area contributed by atoms with Crippen molar-refractivity contribution in [2.24, 2.45) is 5.73 Å². The Bertz CT molecular complexity index is 440. The maximum absolute atomic E-state index is 12.1.